The first-order chi connectivity index (χ1) is 37.9. The lowest BCUT2D eigenvalue weighted by molar-refractivity contribution is 0.423. The molecule has 12 aromatic rings. The Bertz CT molecular complexity index is 4550. The van der Waals surface area contributed by atoms with Gasteiger partial charge in [-0.2, -0.15) is 0 Å². The molecule has 6 heteroatoms. The van der Waals surface area contributed by atoms with Crippen molar-refractivity contribution in [1.82, 2.24) is 9.13 Å². The minimum atomic E-state index is -0.179. The van der Waals surface area contributed by atoms with Gasteiger partial charge in [-0.25, -0.2) is 0 Å². The Kier molecular flexibility index (Phi) is 10.6. The van der Waals surface area contributed by atoms with Crippen molar-refractivity contribution < 1.29 is 4.42 Å². The van der Waals surface area contributed by atoms with E-state index in [9.17, 15) is 0 Å². The second kappa shape index (κ2) is 16.8. The number of aromatic nitrogens is 2. The Hall–Kier alpha value is -7.96. The van der Waals surface area contributed by atoms with Crippen molar-refractivity contribution in [2.45, 2.75) is 131 Å². The Morgan fingerprint density at radius 1 is 0.350 bits per heavy atom. The van der Waals surface area contributed by atoms with Gasteiger partial charge in [-0.1, -0.05) is 174 Å². The van der Waals surface area contributed by atoms with Crippen LogP contribution in [0.4, 0.5) is 34.1 Å². The van der Waals surface area contributed by atoms with Gasteiger partial charge in [0.15, 0.2) is 5.58 Å². The van der Waals surface area contributed by atoms with E-state index in [2.05, 4.69) is 293 Å². The molecule has 2 aliphatic rings. The zero-order chi connectivity index (χ0) is 55.9. The van der Waals surface area contributed by atoms with Crippen LogP contribution >= 0.6 is 0 Å². The molecule has 0 spiro atoms. The fourth-order valence-corrected chi connectivity index (χ4v) is 13.6. The molecule has 5 nitrogen and oxygen atoms in total. The smallest absolute Gasteiger partial charge is 0.253 e. The fraction of sp³-hybridized carbons (Fsp3) is 0.270. The van der Waals surface area contributed by atoms with Gasteiger partial charge in [-0.3, -0.25) is 0 Å². The van der Waals surface area contributed by atoms with Crippen molar-refractivity contribution in [1.29, 1.82) is 0 Å². The average molecular weight is 1050 g/mol. The van der Waals surface area contributed by atoms with Crippen LogP contribution in [0.15, 0.2) is 174 Å². The third kappa shape index (κ3) is 7.43. The van der Waals surface area contributed by atoms with Gasteiger partial charge in [0.2, 0.25) is 0 Å². The molecule has 0 atom stereocenters. The van der Waals surface area contributed by atoms with E-state index in [-0.39, 0.29) is 33.9 Å². The van der Waals surface area contributed by atoms with Crippen LogP contribution in [0.25, 0.3) is 71.2 Å². The van der Waals surface area contributed by atoms with Crippen LogP contribution in [0.2, 0.25) is 0 Å². The predicted molar refractivity (Wildman–Crippen MR) is 345 cm³/mol. The summed E-state index contributed by atoms with van der Waals surface area (Å²) in [5.74, 6) is 0. The summed E-state index contributed by atoms with van der Waals surface area (Å²) in [6.07, 6.45) is 0. The van der Waals surface area contributed by atoms with Gasteiger partial charge < -0.3 is 23.4 Å². The SMILES string of the molecule is CC(C)(C)c1ccc(N2c3ccc(C(C)(C)C)cc3B3c4c2cc(C(C)(C)C)cc4N(c2ccc(C(C)(C)C)cc2)c2cc(-n4c5ccccc5c5cc6c(cc54)c4ccccc4n6C(C)(C)C)c4oc5ccccc5c4c23)cc1. The predicted octanol–water partition coefficient (Wildman–Crippen LogP) is 18.8. The highest BCUT2D eigenvalue weighted by Crippen LogP contribution is 2.51. The number of anilines is 6. The zero-order valence-corrected chi connectivity index (χ0v) is 49.4. The Morgan fingerprint density at radius 3 is 1.40 bits per heavy atom. The Labute approximate surface area is 472 Å². The molecule has 0 N–H and O–H groups in total. The van der Waals surface area contributed by atoms with Gasteiger partial charge in [0.05, 0.1) is 22.2 Å². The molecule has 0 bridgehead atoms. The molecule has 0 saturated heterocycles. The summed E-state index contributed by atoms with van der Waals surface area (Å²) in [4.78, 5) is 5.21. The largest absolute Gasteiger partial charge is 0.454 e. The standard InChI is InChI=1S/C74H73BN4O/c1-70(2,3)44-28-33-48(34-29-44)76-58-37-32-46(72(7,8)9)38-55(58)75-67-61(76)39-47(73(10,11)12)40-62(67)77(49-35-30-45(31-36-49)71(4,5)6)63-43-64(69-66(68(63)75)52-24-18-21-27-65(52)80-69)78-56-25-19-16-22-50(56)53-42-60-54(41-59(53)78)51-23-17-20-26-57(51)79(60)74(13,14)15/h16-43H,1-15H3. The molecule has 0 unspecified atom stereocenters. The van der Waals surface area contributed by atoms with E-state index >= 15 is 0 Å². The van der Waals surface area contributed by atoms with E-state index in [1.165, 1.54) is 88.3 Å². The maximum atomic E-state index is 7.51. The first-order valence-electron chi connectivity index (χ1n) is 29.0. The average Bonchev–Trinajstić information content (AvgIpc) is 3.73. The second-order valence-electron chi connectivity index (χ2n) is 28.3. The lowest BCUT2D eigenvalue weighted by atomic mass is 9.32. The molecular weight excluding hydrogens is 972 g/mol. The second-order valence-corrected chi connectivity index (χ2v) is 28.3. The molecule has 0 fully saturated rings. The van der Waals surface area contributed by atoms with Crippen LogP contribution < -0.4 is 26.2 Å². The van der Waals surface area contributed by atoms with Gasteiger partial charge >= 0.3 is 0 Å². The summed E-state index contributed by atoms with van der Waals surface area (Å²) in [6.45, 7) is 34.8. The van der Waals surface area contributed by atoms with E-state index in [4.69, 9.17) is 4.42 Å². The number of fused-ring (bicyclic) bond motifs is 14. The van der Waals surface area contributed by atoms with Gasteiger partial charge in [0, 0.05) is 77.5 Å². The van der Waals surface area contributed by atoms with Crippen LogP contribution in [0, 0.1) is 0 Å². The third-order valence-electron chi connectivity index (χ3n) is 17.8. The molecule has 80 heavy (non-hydrogen) atoms. The third-order valence-corrected chi connectivity index (χ3v) is 17.8. The molecule has 0 amide bonds. The van der Waals surface area contributed by atoms with Crippen molar-refractivity contribution in [2.75, 3.05) is 9.80 Å². The van der Waals surface area contributed by atoms with Crippen LogP contribution in [0.5, 0.6) is 0 Å². The Balaban J connectivity index is 1.17. The highest BCUT2D eigenvalue weighted by atomic mass is 16.3. The van der Waals surface area contributed by atoms with E-state index in [1.54, 1.807) is 0 Å². The fourth-order valence-electron chi connectivity index (χ4n) is 13.6. The quantitative estimate of drug-likeness (QED) is 0.165. The monoisotopic (exact) mass is 1040 g/mol. The number of hydrogen-bond acceptors (Lipinski definition) is 3. The maximum Gasteiger partial charge on any atom is 0.253 e. The van der Waals surface area contributed by atoms with Gasteiger partial charge in [0.1, 0.15) is 5.58 Å². The minimum absolute atomic E-state index is 0.0127. The first-order valence-corrected chi connectivity index (χ1v) is 29.0. The summed E-state index contributed by atoms with van der Waals surface area (Å²) < 4.78 is 12.6. The number of nitrogens with zero attached hydrogens (tertiary/aromatic N) is 4. The lowest BCUT2D eigenvalue weighted by Gasteiger charge is -2.45. The first kappa shape index (κ1) is 50.3. The summed E-state index contributed by atoms with van der Waals surface area (Å²) in [5.41, 5.74) is 23.3. The molecule has 0 radical (unpaired) electrons. The highest BCUT2D eigenvalue weighted by molar-refractivity contribution is 7.02. The normalized spacial score (nSPS) is 14.1. The highest BCUT2D eigenvalue weighted by Gasteiger charge is 2.47. The topological polar surface area (TPSA) is 29.5 Å². The van der Waals surface area contributed by atoms with E-state index in [1.807, 2.05) is 0 Å². The molecule has 14 rings (SSSR count). The van der Waals surface area contributed by atoms with Gasteiger partial charge in [0.25, 0.3) is 6.71 Å². The van der Waals surface area contributed by atoms with Crippen LogP contribution in [-0.4, -0.2) is 15.8 Å². The lowest BCUT2D eigenvalue weighted by Crippen LogP contribution is -2.62. The van der Waals surface area contributed by atoms with E-state index < -0.39 is 0 Å². The van der Waals surface area contributed by atoms with Crippen LogP contribution in [0.1, 0.15) is 126 Å². The summed E-state index contributed by atoms with van der Waals surface area (Å²) >= 11 is 0. The number of furan rings is 1. The summed E-state index contributed by atoms with van der Waals surface area (Å²) in [6, 6.07) is 65.4. The summed E-state index contributed by atoms with van der Waals surface area (Å²) in [5, 5.41) is 7.20. The molecule has 0 aliphatic carbocycles. The van der Waals surface area contributed by atoms with Crippen LogP contribution in [0.3, 0.4) is 0 Å². The molecular formula is C74H73BN4O. The maximum absolute atomic E-state index is 7.51. The molecule has 3 aromatic heterocycles. The number of rotatable bonds is 3. The molecule has 5 heterocycles. The van der Waals surface area contributed by atoms with Crippen molar-refractivity contribution in [3.8, 4) is 5.69 Å². The zero-order valence-electron chi connectivity index (χ0n) is 49.4. The van der Waals surface area contributed by atoms with E-state index in [0.717, 1.165) is 55.7 Å². The van der Waals surface area contributed by atoms with Crippen molar-refractivity contribution in [2.24, 2.45) is 0 Å². The summed E-state index contributed by atoms with van der Waals surface area (Å²) in [7, 11) is 0. The van der Waals surface area contributed by atoms with E-state index in [0.29, 0.717) is 0 Å². The Morgan fingerprint density at radius 2 is 0.825 bits per heavy atom. The van der Waals surface area contributed by atoms with Crippen molar-refractivity contribution >= 4 is 123 Å². The van der Waals surface area contributed by atoms with Gasteiger partial charge in [-0.15, -0.1) is 0 Å². The number of hydrogen-bond donors (Lipinski definition) is 0. The molecule has 9 aromatic carbocycles. The van der Waals surface area contributed by atoms with Gasteiger partial charge in [-0.05, 0) is 160 Å². The molecule has 2 aliphatic heterocycles. The minimum Gasteiger partial charge on any atom is -0.454 e. The van der Waals surface area contributed by atoms with Crippen molar-refractivity contribution in [3.63, 3.8) is 0 Å². The molecule has 398 valence electrons. The number of benzene rings is 9. The van der Waals surface area contributed by atoms with Crippen LogP contribution in [-0.2, 0) is 27.2 Å². The number of para-hydroxylation sites is 3. The molecule has 0 saturated carbocycles. The van der Waals surface area contributed by atoms with Crippen molar-refractivity contribution in [3.05, 3.63) is 192 Å².